The third-order valence-electron chi connectivity index (χ3n) is 5.55. The van der Waals surface area contributed by atoms with Gasteiger partial charge >= 0.3 is 0 Å². The number of aromatic nitrogens is 2. The normalized spacial score (nSPS) is 12.5. The smallest absolute Gasteiger partial charge is 0.128 e. The molecule has 0 saturated carbocycles. The van der Waals surface area contributed by atoms with Gasteiger partial charge in [-0.3, -0.25) is 9.97 Å². The van der Waals surface area contributed by atoms with Crippen molar-refractivity contribution in [3.63, 3.8) is 0 Å². The molecule has 4 nitrogen and oxygen atoms in total. The van der Waals surface area contributed by atoms with Crippen molar-refractivity contribution in [2.24, 2.45) is 0 Å². The molecule has 0 unspecified atom stereocenters. The van der Waals surface area contributed by atoms with E-state index < -0.39 is 0 Å². The van der Waals surface area contributed by atoms with Crippen molar-refractivity contribution in [1.82, 2.24) is 9.97 Å². The van der Waals surface area contributed by atoms with Crippen molar-refractivity contribution in [3.8, 4) is 11.5 Å². The second-order valence-electron chi connectivity index (χ2n) is 7.47. The fraction of sp³-hybridized carbons (Fsp3) is 0.200. The van der Waals surface area contributed by atoms with Crippen LogP contribution in [-0.2, 0) is 12.8 Å². The molecule has 1 aliphatic rings. The zero-order valence-electron chi connectivity index (χ0n) is 16.9. The number of hydrogen-bond donors (Lipinski definition) is 0. The summed E-state index contributed by atoms with van der Waals surface area (Å²) in [5, 5.41) is 1.17. The third kappa shape index (κ3) is 3.96. The molecule has 5 heteroatoms. The predicted octanol–water partition coefficient (Wildman–Crippen LogP) is 5.76. The SMILES string of the molecule is Cc1nc2ccc(Oc3ccccc3)cc2c2c1CCN2CCc1cccnc1.Cl. The lowest BCUT2D eigenvalue weighted by Crippen LogP contribution is -2.23. The Morgan fingerprint density at radius 3 is 2.67 bits per heavy atom. The van der Waals surface area contributed by atoms with Gasteiger partial charge in [0.15, 0.2) is 0 Å². The highest BCUT2D eigenvalue weighted by atomic mass is 35.5. The van der Waals surface area contributed by atoms with Crippen LogP contribution in [0.1, 0.15) is 16.8 Å². The number of fused-ring (bicyclic) bond motifs is 3. The maximum atomic E-state index is 6.09. The number of rotatable bonds is 5. The van der Waals surface area contributed by atoms with Crippen LogP contribution in [0.3, 0.4) is 0 Å². The zero-order valence-corrected chi connectivity index (χ0v) is 17.7. The van der Waals surface area contributed by atoms with Crippen LogP contribution >= 0.6 is 12.4 Å². The summed E-state index contributed by atoms with van der Waals surface area (Å²) in [6.45, 7) is 4.12. The molecular formula is C25H24ClN3O. The number of hydrogen-bond acceptors (Lipinski definition) is 4. The van der Waals surface area contributed by atoms with E-state index in [4.69, 9.17) is 9.72 Å². The van der Waals surface area contributed by atoms with Gasteiger partial charge in [0.05, 0.1) is 11.2 Å². The largest absolute Gasteiger partial charge is 0.457 e. The number of halogens is 1. The fourth-order valence-electron chi connectivity index (χ4n) is 4.13. The molecule has 0 amide bonds. The van der Waals surface area contributed by atoms with Crippen LogP contribution in [-0.4, -0.2) is 23.1 Å². The second-order valence-corrected chi connectivity index (χ2v) is 7.47. The molecule has 30 heavy (non-hydrogen) atoms. The lowest BCUT2D eigenvalue weighted by molar-refractivity contribution is 0.483. The van der Waals surface area contributed by atoms with Gasteiger partial charge in [-0.2, -0.15) is 0 Å². The summed E-state index contributed by atoms with van der Waals surface area (Å²) in [5.41, 5.74) is 6.10. The Balaban J connectivity index is 0.00000218. The molecule has 1 aliphatic heterocycles. The Labute approximate surface area is 183 Å². The molecule has 0 fully saturated rings. The highest BCUT2D eigenvalue weighted by Crippen LogP contribution is 2.38. The molecule has 0 bridgehead atoms. The summed E-state index contributed by atoms with van der Waals surface area (Å²) in [5.74, 6) is 1.69. The lowest BCUT2D eigenvalue weighted by atomic mass is 10.1. The molecule has 0 radical (unpaired) electrons. The standard InChI is InChI=1S/C25H23N3O.ClH/c1-18-22-12-15-28(14-11-19-6-5-13-26-17-19)25(22)23-16-21(9-10-24(23)27-18)29-20-7-3-2-4-8-20;/h2-10,13,16-17H,11-12,14-15H2,1H3;1H. The van der Waals surface area contributed by atoms with E-state index in [1.807, 2.05) is 54.9 Å². The minimum absolute atomic E-state index is 0. The first-order valence-electron chi connectivity index (χ1n) is 10.1. The summed E-state index contributed by atoms with van der Waals surface area (Å²) in [7, 11) is 0. The minimum atomic E-state index is 0. The van der Waals surface area contributed by atoms with E-state index in [-0.39, 0.29) is 12.4 Å². The van der Waals surface area contributed by atoms with Gasteiger partial charge in [-0.05, 0) is 67.3 Å². The van der Waals surface area contributed by atoms with Crippen LogP contribution in [0.4, 0.5) is 5.69 Å². The Bertz CT molecular complexity index is 1150. The monoisotopic (exact) mass is 417 g/mol. The van der Waals surface area contributed by atoms with Crippen LogP contribution in [0, 0.1) is 6.92 Å². The predicted molar refractivity (Wildman–Crippen MR) is 124 cm³/mol. The molecule has 2 aromatic carbocycles. The van der Waals surface area contributed by atoms with Crippen molar-refractivity contribution in [2.75, 3.05) is 18.0 Å². The van der Waals surface area contributed by atoms with Gasteiger partial charge in [0.2, 0.25) is 0 Å². The maximum Gasteiger partial charge on any atom is 0.128 e. The van der Waals surface area contributed by atoms with Gasteiger partial charge in [0.25, 0.3) is 0 Å². The van der Waals surface area contributed by atoms with Crippen molar-refractivity contribution in [3.05, 3.63) is 89.9 Å². The Morgan fingerprint density at radius 2 is 1.87 bits per heavy atom. The van der Waals surface area contributed by atoms with E-state index >= 15 is 0 Å². The van der Waals surface area contributed by atoms with Crippen molar-refractivity contribution >= 4 is 29.0 Å². The van der Waals surface area contributed by atoms with Gasteiger partial charge < -0.3 is 9.64 Å². The number of aryl methyl sites for hydroxylation is 1. The molecule has 0 saturated heterocycles. The highest BCUT2D eigenvalue weighted by Gasteiger charge is 2.24. The van der Waals surface area contributed by atoms with E-state index in [0.29, 0.717) is 0 Å². The summed E-state index contributed by atoms with van der Waals surface area (Å²) in [4.78, 5) is 11.6. The molecule has 0 atom stereocenters. The Hall–Kier alpha value is -3.11. The lowest BCUT2D eigenvalue weighted by Gasteiger charge is -2.22. The number of benzene rings is 2. The number of para-hydroxylation sites is 1. The minimum Gasteiger partial charge on any atom is -0.457 e. The van der Waals surface area contributed by atoms with E-state index in [1.54, 1.807) is 0 Å². The Kier molecular flexibility index (Phi) is 5.86. The van der Waals surface area contributed by atoms with Crippen LogP contribution in [0.2, 0.25) is 0 Å². The van der Waals surface area contributed by atoms with Gasteiger partial charge in [0, 0.05) is 36.6 Å². The summed E-state index contributed by atoms with van der Waals surface area (Å²) in [6.07, 6.45) is 5.81. The summed E-state index contributed by atoms with van der Waals surface area (Å²) >= 11 is 0. The van der Waals surface area contributed by atoms with Crippen LogP contribution in [0.25, 0.3) is 10.9 Å². The molecule has 152 valence electrons. The van der Waals surface area contributed by atoms with Gasteiger partial charge in [-0.25, -0.2) is 0 Å². The molecule has 0 N–H and O–H groups in total. The van der Waals surface area contributed by atoms with E-state index in [9.17, 15) is 0 Å². The first-order valence-corrected chi connectivity index (χ1v) is 10.1. The third-order valence-corrected chi connectivity index (χ3v) is 5.55. The van der Waals surface area contributed by atoms with Crippen LogP contribution in [0.5, 0.6) is 11.5 Å². The molecule has 0 aliphatic carbocycles. The summed E-state index contributed by atoms with van der Waals surface area (Å²) in [6, 6.07) is 20.3. The molecule has 2 aromatic heterocycles. The molecule has 3 heterocycles. The van der Waals surface area contributed by atoms with Gasteiger partial charge in [-0.15, -0.1) is 12.4 Å². The fourth-order valence-corrected chi connectivity index (χ4v) is 4.13. The average molecular weight is 418 g/mol. The number of anilines is 1. The van der Waals surface area contributed by atoms with Gasteiger partial charge in [0.1, 0.15) is 11.5 Å². The molecule has 5 rings (SSSR count). The molecular weight excluding hydrogens is 394 g/mol. The Morgan fingerprint density at radius 1 is 1.00 bits per heavy atom. The topological polar surface area (TPSA) is 38.2 Å². The van der Waals surface area contributed by atoms with Crippen molar-refractivity contribution in [1.29, 1.82) is 0 Å². The first-order chi connectivity index (χ1) is 14.3. The molecule has 4 aromatic rings. The van der Waals surface area contributed by atoms with Crippen LogP contribution < -0.4 is 9.64 Å². The van der Waals surface area contributed by atoms with Crippen molar-refractivity contribution in [2.45, 2.75) is 19.8 Å². The summed E-state index contributed by atoms with van der Waals surface area (Å²) < 4.78 is 6.09. The highest BCUT2D eigenvalue weighted by molar-refractivity contribution is 5.96. The van der Waals surface area contributed by atoms with Crippen molar-refractivity contribution < 1.29 is 4.74 Å². The second kappa shape index (κ2) is 8.72. The number of ether oxygens (including phenoxy) is 1. The van der Waals surface area contributed by atoms with Crippen LogP contribution in [0.15, 0.2) is 73.1 Å². The number of pyridine rings is 2. The van der Waals surface area contributed by atoms with E-state index in [0.717, 1.165) is 48.6 Å². The quantitative estimate of drug-likeness (QED) is 0.414. The average Bonchev–Trinajstić information content (AvgIpc) is 3.19. The zero-order chi connectivity index (χ0) is 19.6. The van der Waals surface area contributed by atoms with Gasteiger partial charge in [-0.1, -0.05) is 24.3 Å². The van der Waals surface area contributed by atoms with E-state index in [1.165, 1.54) is 22.2 Å². The molecule has 0 spiro atoms. The first kappa shape index (κ1) is 20.2. The maximum absolute atomic E-state index is 6.09. The van der Waals surface area contributed by atoms with E-state index in [2.05, 4.69) is 35.0 Å². The number of nitrogens with zero attached hydrogens (tertiary/aromatic N) is 3.